The molecule has 1 atom stereocenters. The van der Waals surface area contributed by atoms with Gasteiger partial charge in [-0.25, -0.2) is 4.79 Å². The van der Waals surface area contributed by atoms with E-state index in [2.05, 4.69) is 10.1 Å². The molecule has 0 aliphatic heterocycles. The van der Waals surface area contributed by atoms with Crippen LogP contribution in [0.5, 0.6) is 5.75 Å². The molecule has 27 heavy (non-hydrogen) atoms. The summed E-state index contributed by atoms with van der Waals surface area (Å²) in [6, 6.07) is 12.4. The number of aromatic nitrogens is 2. The lowest BCUT2D eigenvalue weighted by atomic mass is 10.1. The van der Waals surface area contributed by atoms with Crippen LogP contribution in [0.2, 0.25) is 10.0 Å². The summed E-state index contributed by atoms with van der Waals surface area (Å²) in [5.74, 6) is 0.386. The van der Waals surface area contributed by atoms with Crippen molar-refractivity contribution in [2.24, 2.45) is 0 Å². The second-order valence-electron chi connectivity index (χ2n) is 5.77. The Morgan fingerprint density at radius 1 is 1.22 bits per heavy atom. The van der Waals surface area contributed by atoms with E-state index < -0.39 is 12.1 Å². The zero-order valence-corrected chi connectivity index (χ0v) is 16.1. The molecule has 0 fully saturated rings. The maximum absolute atomic E-state index is 12.1. The molecule has 2 aromatic carbocycles. The lowest BCUT2D eigenvalue weighted by molar-refractivity contribution is -0.153. The molecule has 0 amide bonds. The average molecular weight is 407 g/mol. The number of carbonyl (C=O) groups is 1. The van der Waals surface area contributed by atoms with E-state index in [9.17, 15) is 4.79 Å². The third-order valence-corrected chi connectivity index (χ3v) is 4.25. The first-order valence-corrected chi connectivity index (χ1v) is 8.86. The first kappa shape index (κ1) is 19.2. The number of halogens is 2. The fourth-order valence-corrected chi connectivity index (χ4v) is 2.76. The van der Waals surface area contributed by atoms with Crippen LogP contribution in [0.1, 0.15) is 18.4 Å². The standard InChI is InChI=1S/C19H16Cl2N2O4/c1-11-5-3-4-6-14(11)18-22-17(27-23-18)10-25-19(24)12(2)26-16-8-7-13(20)9-15(16)21/h3-9,12H,10H2,1-2H3/t12-/m0/s1. The SMILES string of the molecule is Cc1ccccc1-c1noc(COC(=O)[C@H](C)Oc2ccc(Cl)cc2Cl)n1. The topological polar surface area (TPSA) is 74.5 Å². The van der Waals surface area contributed by atoms with E-state index >= 15 is 0 Å². The summed E-state index contributed by atoms with van der Waals surface area (Å²) in [6.07, 6.45) is -0.873. The highest BCUT2D eigenvalue weighted by Gasteiger charge is 2.19. The lowest BCUT2D eigenvalue weighted by Gasteiger charge is -2.14. The Balaban J connectivity index is 1.58. The molecule has 140 valence electrons. The molecule has 0 bridgehead atoms. The van der Waals surface area contributed by atoms with Crippen molar-refractivity contribution in [3.8, 4) is 17.1 Å². The van der Waals surface area contributed by atoms with Gasteiger partial charge in [0.05, 0.1) is 5.02 Å². The fourth-order valence-electron chi connectivity index (χ4n) is 2.31. The van der Waals surface area contributed by atoms with Crippen LogP contribution in [0.4, 0.5) is 0 Å². The molecule has 3 aromatic rings. The molecule has 1 heterocycles. The second kappa shape index (κ2) is 8.41. The van der Waals surface area contributed by atoms with Crippen molar-refractivity contribution in [2.45, 2.75) is 26.6 Å². The number of ether oxygens (including phenoxy) is 2. The summed E-state index contributed by atoms with van der Waals surface area (Å²) in [5, 5.41) is 4.70. The number of esters is 1. The molecule has 0 unspecified atom stereocenters. The zero-order valence-electron chi connectivity index (χ0n) is 14.6. The number of rotatable bonds is 6. The number of hydrogen-bond acceptors (Lipinski definition) is 6. The number of benzene rings is 2. The third-order valence-electron chi connectivity index (χ3n) is 3.72. The molecule has 0 aliphatic carbocycles. The van der Waals surface area contributed by atoms with Gasteiger partial charge >= 0.3 is 5.97 Å². The number of nitrogens with zero attached hydrogens (tertiary/aromatic N) is 2. The van der Waals surface area contributed by atoms with Gasteiger partial charge in [-0.1, -0.05) is 52.6 Å². The van der Waals surface area contributed by atoms with Crippen molar-refractivity contribution >= 4 is 29.2 Å². The Bertz CT molecular complexity index is 958. The van der Waals surface area contributed by atoms with Crippen LogP contribution in [0.15, 0.2) is 47.0 Å². The Labute approximate surface area is 166 Å². The number of aryl methyl sites for hydroxylation is 1. The van der Waals surface area contributed by atoms with Crippen molar-refractivity contribution in [3.05, 3.63) is 64.0 Å². The predicted octanol–water partition coefficient (Wildman–Crippen LogP) is 4.86. The van der Waals surface area contributed by atoms with Crippen molar-refractivity contribution in [2.75, 3.05) is 0 Å². The van der Waals surface area contributed by atoms with Crippen LogP contribution in [0.25, 0.3) is 11.4 Å². The van der Waals surface area contributed by atoms with Gasteiger partial charge in [0.2, 0.25) is 5.82 Å². The maximum Gasteiger partial charge on any atom is 0.347 e. The average Bonchev–Trinajstić information content (AvgIpc) is 3.11. The molecule has 3 rings (SSSR count). The Hall–Kier alpha value is -2.57. The lowest BCUT2D eigenvalue weighted by Crippen LogP contribution is -2.26. The van der Waals surface area contributed by atoms with Gasteiger partial charge in [-0.05, 0) is 37.6 Å². The fraction of sp³-hybridized carbons (Fsp3) is 0.211. The minimum atomic E-state index is -0.873. The molecule has 6 nitrogen and oxygen atoms in total. The highest BCUT2D eigenvalue weighted by Crippen LogP contribution is 2.28. The van der Waals surface area contributed by atoms with Gasteiger partial charge in [-0.3, -0.25) is 0 Å². The van der Waals surface area contributed by atoms with Gasteiger partial charge in [0.25, 0.3) is 5.89 Å². The van der Waals surface area contributed by atoms with Crippen molar-refractivity contribution < 1.29 is 18.8 Å². The number of hydrogen-bond donors (Lipinski definition) is 0. The van der Waals surface area contributed by atoms with Crippen LogP contribution in [0.3, 0.4) is 0 Å². The second-order valence-corrected chi connectivity index (χ2v) is 6.61. The monoisotopic (exact) mass is 406 g/mol. The highest BCUT2D eigenvalue weighted by molar-refractivity contribution is 6.35. The van der Waals surface area contributed by atoms with E-state index in [0.29, 0.717) is 21.6 Å². The largest absolute Gasteiger partial charge is 0.477 e. The van der Waals surface area contributed by atoms with Gasteiger partial charge < -0.3 is 14.0 Å². The van der Waals surface area contributed by atoms with Crippen LogP contribution >= 0.6 is 23.2 Å². The summed E-state index contributed by atoms with van der Waals surface area (Å²) < 4.78 is 15.8. The summed E-state index contributed by atoms with van der Waals surface area (Å²) in [7, 11) is 0. The van der Waals surface area contributed by atoms with E-state index in [0.717, 1.165) is 11.1 Å². The highest BCUT2D eigenvalue weighted by atomic mass is 35.5. The van der Waals surface area contributed by atoms with Crippen molar-refractivity contribution in [1.29, 1.82) is 0 Å². The van der Waals surface area contributed by atoms with Crippen LogP contribution in [0, 0.1) is 6.92 Å². The van der Waals surface area contributed by atoms with Gasteiger partial charge in [0, 0.05) is 10.6 Å². The first-order valence-electron chi connectivity index (χ1n) is 8.11. The van der Waals surface area contributed by atoms with Crippen molar-refractivity contribution in [1.82, 2.24) is 10.1 Å². The van der Waals surface area contributed by atoms with Gasteiger partial charge in [-0.2, -0.15) is 4.98 Å². The van der Waals surface area contributed by atoms with Crippen LogP contribution < -0.4 is 4.74 Å². The molecular formula is C19H16Cl2N2O4. The van der Waals surface area contributed by atoms with Crippen LogP contribution in [-0.4, -0.2) is 22.2 Å². The summed E-state index contributed by atoms with van der Waals surface area (Å²) in [5.41, 5.74) is 1.87. The molecule has 0 N–H and O–H groups in total. The zero-order chi connectivity index (χ0) is 19.4. The summed E-state index contributed by atoms with van der Waals surface area (Å²) in [6.45, 7) is 3.35. The Morgan fingerprint density at radius 2 is 2.00 bits per heavy atom. The van der Waals surface area contributed by atoms with Gasteiger partial charge in [0.1, 0.15) is 5.75 Å². The van der Waals surface area contributed by atoms with Gasteiger partial charge in [-0.15, -0.1) is 0 Å². The van der Waals surface area contributed by atoms with Crippen LogP contribution in [-0.2, 0) is 16.1 Å². The molecular weight excluding hydrogens is 391 g/mol. The van der Waals surface area contributed by atoms with E-state index in [1.165, 1.54) is 6.07 Å². The molecule has 0 saturated carbocycles. The molecule has 1 aromatic heterocycles. The molecule has 0 spiro atoms. The summed E-state index contributed by atoms with van der Waals surface area (Å²) in [4.78, 5) is 16.4. The van der Waals surface area contributed by atoms with E-state index in [4.69, 9.17) is 37.2 Å². The van der Waals surface area contributed by atoms with E-state index in [-0.39, 0.29) is 12.5 Å². The summed E-state index contributed by atoms with van der Waals surface area (Å²) >= 11 is 11.9. The first-order chi connectivity index (χ1) is 12.9. The molecule has 0 aliphatic rings. The molecule has 0 radical (unpaired) electrons. The molecule has 8 heteroatoms. The minimum Gasteiger partial charge on any atom is -0.477 e. The quantitative estimate of drug-likeness (QED) is 0.543. The normalized spacial score (nSPS) is 11.9. The predicted molar refractivity (Wildman–Crippen MR) is 101 cm³/mol. The number of carbonyl (C=O) groups excluding carboxylic acids is 1. The van der Waals surface area contributed by atoms with Crippen molar-refractivity contribution in [3.63, 3.8) is 0 Å². The third kappa shape index (κ3) is 4.78. The Kier molecular flexibility index (Phi) is 5.98. The minimum absolute atomic E-state index is 0.153. The maximum atomic E-state index is 12.1. The van der Waals surface area contributed by atoms with Gasteiger partial charge in [0.15, 0.2) is 12.7 Å². The molecule has 0 saturated heterocycles. The van der Waals surface area contributed by atoms with E-state index in [1.807, 2.05) is 31.2 Å². The Morgan fingerprint density at radius 3 is 2.74 bits per heavy atom. The smallest absolute Gasteiger partial charge is 0.347 e. The van der Waals surface area contributed by atoms with E-state index in [1.54, 1.807) is 19.1 Å².